The first-order chi connectivity index (χ1) is 3.50. The van der Waals surface area contributed by atoms with Gasteiger partial charge in [0.25, 0.3) is 0 Å². The maximum Gasteiger partial charge on any atom is 0.00767 e. The van der Waals surface area contributed by atoms with Crippen LogP contribution in [0.4, 0.5) is 0 Å². The second-order valence-corrected chi connectivity index (χ2v) is 1.85. The lowest BCUT2D eigenvalue weighted by Gasteiger charge is -1.92. The maximum atomic E-state index is 3.28. The standard InChI is InChI=1S/C5H12N2.2H2/c1-2-6-4-5-7-3-1;;/h6-7H,1-5H2;2*1H. The van der Waals surface area contributed by atoms with E-state index >= 15 is 0 Å². The van der Waals surface area contributed by atoms with Crippen molar-refractivity contribution in [2.45, 2.75) is 6.42 Å². The molecule has 0 spiro atoms. The zero-order chi connectivity index (χ0) is 4.95. The molecule has 2 nitrogen and oxygen atoms in total. The van der Waals surface area contributed by atoms with Crippen molar-refractivity contribution in [1.29, 1.82) is 0 Å². The van der Waals surface area contributed by atoms with Crippen LogP contribution in [0.5, 0.6) is 0 Å². The molecule has 1 aliphatic heterocycles. The van der Waals surface area contributed by atoms with E-state index in [-0.39, 0.29) is 2.85 Å². The van der Waals surface area contributed by atoms with E-state index in [1.54, 1.807) is 0 Å². The zero-order valence-corrected chi connectivity index (χ0v) is 4.54. The van der Waals surface area contributed by atoms with Crippen molar-refractivity contribution in [2.24, 2.45) is 0 Å². The minimum atomic E-state index is 0. The predicted octanol–water partition coefficient (Wildman–Crippen LogP) is 0.0613. The molecule has 1 aliphatic rings. The summed E-state index contributed by atoms with van der Waals surface area (Å²) in [6.45, 7) is 4.65. The topological polar surface area (TPSA) is 24.1 Å². The molecule has 1 rings (SSSR count). The number of rotatable bonds is 0. The van der Waals surface area contributed by atoms with Crippen molar-refractivity contribution in [3.05, 3.63) is 0 Å². The highest BCUT2D eigenvalue weighted by molar-refractivity contribution is 4.57. The lowest BCUT2D eigenvalue weighted by atomic mass is 10.4. The van der Waals surface area contributed by atoms with Gasteiger partial charge in [-0.3, -0.25) is 0 Å². The molecule has 1 saturated heterocycles. The fraction of sp³-hybridized carbons (Fsp3) is 1.00. The van der Waals surface area contributed by atoms with E-state index in [0.717, 1.165) is 13.1 Å². The Bertz CT molecular complexity index is 32.6. The third-order valence-electron chi connectivity index (χ3n) is 1.19. The van der Waals surface area contributed by atoms with Gasteiger partial charge in [-0.25, -0.2) is 0 Å². The summed E-state index contributed by atoms with van der Waals surface area (Å²) in [6.07, 6.45) is 1.28. The van der Waals surface area contributed by atoms with E-state index in [9.17, 15) is 0 Å². The SMILES string of the molecule is C1CNCCNC1.[HH].[HH]. The summed E-state index contributed by atoms with van der Waals surface area (Å²) in [6, 6.07) is 0. The molecule has 0 aromatic carbocycles. The molecule has 0 atom stereocenters. The third-order valence-corrected chi connectivity index (χ3v) is 1.19. The smallest absolute Gasteiger partial charge is 0.00767 e. The van der Waals surface area contributed by atoms with Gasteiger partial charge in [-0.05, 0) is 19.5 Å². The molecule has 0 aromatic heterocycles. The van der Waals surface area contributed by atoms with E-state index in [4.69, 9.17) is 0 Å². The van der Waals surface area contributed by atoms with Crippen molar-refractivity contribution in [2.75, 3.05) is 26.2 Å². The summed E-state index contributed by atoms with van der Waals surface area (Å²) in [7, 11) is 0. The van der Waals surface area contributed by atoms with Gasteiger partial charge >= 0.3 is 0 Å². The molecule has 7 heavy (non-hydrogen) atoms. The van der Waals surface area contributed by atoms with Crippen LogP contribution in [0, 0.1) is 0 Å². The summed E-state index contributed by atoms with van der Waals surface area (Å²) in [5.74, 6) is 0. The average Bonchev–Trinajstić information content (AvgIpc) is 1.90. The summed E-state index contributed by atoms with van der Waals surface area (Å²) in [5, 5.41) is 6.57. The van der Waals surface area contributed by atoms with Gasteiger partial charge in [-0.1, -0.05) is 0 Å². The lowest BCUT2D eigenvalue weighted by molar-refractivity contribution is 0.718. The predicted molar refractivity (Wildman–Crippen MR) is 34.6 cm³/mol. The van der Waals surface area contributed by atoms with Crippen molar-refractivity contribution in [3.8, 4) is 0 Å². The zero-order valence-electron chi connectivity index (χ0n) is 4.54. The Morgan fingerprint density at radius 3 is 2.00 bits per heavy atom. The second-order valence-electron chi connectivity index (χ2n) is 1.85. The molecular weight excluding hydrogens is 88.1 g/mol. The van der Waals surface area contributed by atoms with Crippen LogP contribution in [-0.2, 0) is 0 Å². The van der Waals surface area contributed by atoms with Gasteiger partial charge < -0.3 is 10.6 Å². The Morgan fingerprint density at radius 1 is 0.857 bits per heavy atom. The molecule has 0 unspecified atom stereocenters. The first-order valence-corrected chi connectivity index (χ1v) is 2.91. The van der Waals surface area contributed by atoms with Crippen molar-refractivity contribution >= 4 is 0 Å². The van der Waals surface area contributed by atoms with Gasteiger partial charge in [0.15, 0.2) is 0 Å². The normalized spacial score (nSPS) is 24.0. The Balaban J connectivity index is 0. The maximum absolute atomic E-state index is 3.28. The Morgan fingerprint density at radius 2 is 1.43 bits per heavy atom. The van der Waals surface area contributed by atoms with Gasteiger partial charge in [0.1, 0.15) is 0 Å². The van der Waals surface area contributed by atoms with E-state index in [0.29, 0.717) is 0 Å². The molecular formula is C5H16N2. The van der Waals surface area contributed by atoms with Crippen LogP contribution >= 0.6 is 0 Å². The molecule has 0 saturated carbocycles. The van der Waals surface area contributed by atoms with Crippen molar-refractivity contribution in [1.82, 2.24) is 10.6 Å². The fourth-order valence-corrected chi connectivity index (χ4v) is 0.765. The summed E-state index contributed by atoms with van der Waals surface area (Å²) >= 11 is 0. The molecule has 0 bridgehead atoms. The largest absolute Gasteiger partial charge is 0.315 e. The van der Waals surface area contributed by atoms with E-state index < -0.39 is 0 Å². The van der Waals surface area contributed by atoms with Crippen LogP contribution in [0.2, 0.25) is 0 Å². The van der Waals surface area contributed by atoms with Crippen LogP contribution in [0.3, 0.4) is 0 Å². The van der Waals surface area contributed by atoms with Crippen molar-refractivity contribution < 1.29 is 2.85 Å². The highest BCUT2D eigenvalue weighted by Crippen LogP contribution is 1.75. The summed E-state index contributed by atoms with van der Waals surface area (Å²) in [4.78, 5) is 0. The molecule has 0 amide bonds. The molecule has 0 radical (unpaired) electrons. The van der Waals surface area contributed by atoms with Gasteiger partial charge in [0, 0.05) is 15.9 Å². The molecule has 2 heteroatoms. The van der Waals surface area contributed by atoms with Crippen LogP contribution in [-0.4, -0.2) is 26.2 Å². The minimum absolute atomic E-state index is 0. The minimum Gasteiger partial charge on any atom is -0.315 e. The van der Waals surface area contributed by atoms with Gasteiger partial charge in [-0.2, -0.15) is 0 Å². The Kier molecular flexibility index (Phi) is 2.17. The first kappa shape index (κ1) is 5.06. The first-order valence-electron chi connectivity index (χ1n) is 2.91. The summed E-state index contributed by atoms with van der Waals surface area (Å²) < 4.78 is 0. The monoisotopic (exact) mass is 104 g/mol. The Labute approximate surface area is 47.3 Å². The lowest BCUT2D eigenvalue weighted by Crippen LogP contribution is -2.21. The second kappa shape index (κ2) is 2.99. The third kappa shape index (κ3) is 1.90. The van der Waals surface area contributed by atoms with Gasteiger partial charge in [0.2, 0.25) is 0 Å². The molecule has 0 aliphatic carbocycles. The molecule has 2 N–H and O–H groups in total. The molecule has 0 aromatic rings. The molecule has 1 heterocycles. The highest BCUT2D eigenvalue weighted by atomic mass is 15.0. The highest BCUT2D eigenvalue weighted by Gasteiger charge is 1.92. The number of nitrogens with one attached hydrogen (secondary N) is 2. The van der Waals surface area contributed by atoms with Crippen LogP contribution < -0.4 is 10.6 Å². The van der Waals surface area contributed by atoms with Crippen molar-refractivity contribution in [3.63, 3.8) is 0 Å². The molecule has 46 valence electrons. The Hall–Kier alpha value is -0.0800. The van der Waals surface area contributed by atoms with Crippen LogP contribution in [0.1, 0.15) is 9.27 Å². The number of hydrogen-bond acceptors (Lipinski definition) is 2. The van der Waals surface area contributed by atoms with Gasteiger partial charge in [-0.15, -0.1) is 0 Å². The number of hydrogen-bond donors (Lipinski definition) is 2. The quantitative estimate of drug-likeness (QED) is 0.454. The average molecular weight is 104 g/mol. The van der Waals surface area contributed by atoms with E-state index in [1.807, 2.05) is 0 Å². The van der Waals surface area contributed by atoms with E-state index in [2.05, 4.69) is 10.6 Å². The molecule has 1 fully saturated rings. The van der Waals surface area contributed by atoms with Gasteiger partial charge in [0.05, 0.1) is 0 Å². The van der Waals surface area contributed by atoms with E-state index in [1.165, 1.54) is 19.5 Å². The van der Waals surface area contributed by atoms with Crippen LogP contribution in [0.15, 0.2) is 0 Å². The summed E-state index contributed by atoms with van der Waals surface area (Å²) in [5.41, 5.74) is 0. The van der Waals surface area contributed by atoms with Crippen LogP contribution in [0.25, 0.3) is 0 Å². The fourth-order valence-electron chi connectivity index (χ4n) is 0.765.